The molecule has 2 rings (SSSR count). The number of nitrogens with one attached hydrogen (secondary N) is 1. The number of amides is 1. The van der Waals surface area contributed by atoms with Crippen molar-refractivity contribution < 1.29 is 37.0 Å². The van der Waals surface area contributed by atoms with Crippen molar-refractivity contribution in [2.24, 2.45) is 0 Å². The van der Waals surface area contributed by atoms with Crippen LogP contribution in [0.25, 0.3) is 0 Å². The molecule has 0 heterocycles. The maximum atomic E-state index is 13.6. The summed E-state index contributed by atoms with van der Waals surface area (Å²) in [5.74, 6) is -6.21. The molecule has 1 N–H and O–H groups in total. The lowest BCUT2D eigenvalue weighted by molar-refractivity contribution is -0.123. The smallest absolute Gasteiger partial charge is 0.346 e. The first kappa shape index (κ1) is 20.1. The van der Waals surface area contributed by atoms with Crippen LogP contribution in [0, 0.1) is 17.5 Å². The first-order chi connectivity index (χ1) is 12.8. The van der Waals surface area contributed by atoms with Gasteiger partial charge in [-0.05, 0) is 31.2 Å². The summed E-state index contributed by atoms with van der Waals surface area (Å²) in [6, 6.07) is 6.10. The van der Waals surface area contributed by atoms with E-state index in [1.165, 1.54) is 33.3 Å². The Morgan fingerprint density at radius 2 is 1.56 bits per heavy atom. The number of carbonyl (C=O) groups excluding carboxylic acids is 2. The van der Waals surface area contributed by atoms with Crippen molar-refractivity contribution in [3.63, 3.8) is 0 Å². The number of hydrogen-bond donors (Lipinski definition) is 1. The molecular weight excluding hydrogens is 367 g/mol. The molecule has 0 spiro atoms. The van der Waals surface area contributed by atoms with Gasteiger partial charge in [-0.25, -0.2) is 18.0 Å². The molecule has 1 atom stereocenters. The van der Waals surface area contributed by atoms with Gasteiger partial charge in [0.1, 0.15) is 17.1 Å². The van der Waals surface area contributed by atoms with Gasteiger partial charge in [-0.3, -0.25) is 4.79 Å². The van der Waals surface area contributed by atoms with E-state index in [0.717, 1.165) is 6.07 Å². The molecule has 0 aromatic heterocycles. The second-order valence-corrected chi connectivity index (χ2v) is 5.30. The van der Waals surface area contributed by atoms with E-state index in [9.17, 15) is 22.8 Å². The van der Waals surface area contributed by atoms with Crippen LogP contribution in [0.2, 0.25) is 0 Å². The van der Waals surface area contributed by atoms with Gasteiger partial charge in [0.05, 0.1) is 19.9 Å². The predicted molar refractivity (Wildman–Crippen MR) is 89.4 cm³/mol. The van der Waals surface area contributed by atoms with E-state index < -0.39 is 41.1 Å². The van der Waals surface area contributed by atoms with Gasteiger partial charge >= 0.3 is 5.97 Å². The van der Waals surface area contributed by atoms with Gasteiger partial charge in [-0.1, -0.05) is 6.07 Å². The van der Waals surface area contributed by atoms with Gasteiger partial charge in [0.15, 0.2) is 23.6 Å². The highest BCUT2D eigenvalue weighted by Crippen LogP contribution is 2.29. The molecule has 0 saturated heterocycles. The van der Waals surface area contributed by atoms with Gasteiger partial charge in [0.25, 0.3) is 5.91 Å². The monoisotopic (exact) mass is 383 g/mol. The minimum atomic E-state index is -1.73. The van der Waals surface area contributed by atoms with Crippen molar-refractivity contribution in [1.82, 2.24) is 0 Å². The molecule has 0 aliphatic carbocycles. The summed E-state index contributed by atoms with van der Waals surface area (Å²) in [5, 5.41) is 2.03. The molecule has 0 saturated carbocycles. The summed E-state index contributed by atoms with van der Waals surface area (Å²) in [7, 11) is 2.68. The molecule has 2 aromatic rings. The Hall–Kier alpha value is -3.23. The van der Waals surface area contributed by atoms with E-state index in [4.69, 9.17) is 14.2 Å². The summed E-state index contributed by atoms with van der Waals surface area (Å²) in [4.78, 5) is 24.5. The zero-order chi connectivity index (χ0) is 20.1. The van der Waals surface area contributed by atoms with Crippen LogP contribution >= 0.6 is 0 Å². The molecule has 0 radical (unpaired) electrons. The number of ether oxygens (including phenoxy) is 3. The van der Waals surface area contributed by atoms with E-state index >= 15 is 0 Å². The second-order valence-electron chi connectivity index (χ2n) is 5.30. The number of carbonyl (C=O) groups is 2. The fraction of sp³-hybridized carbons (Fsp3) is 0.222. The van der Waals surface area contributed by atoms with Gasteiger partial charge in [0.2, 0.25) is 0 Å². The summed E-state index contributed by atoms with van der Waals surface area (Å²) in [6.07, 6.45) is -1.38. The SMILES string of the molecule is COc1cccc(OC)c1C(=O)O[C@@H](C)C(=O)Nc1ccc(F)c(F)c1F. The Morgan fingerprint density at radius 1 is 0.963 bits per heavy atom. The first-order valence-electron chi connectivity index (χ1n) is 7.66. The molecule has 2 aromatic carbocycles. The standard InChI is InChI=1S/C18H16F3NO5/c1-9(17(23)22-11-8-7-10(19)15(20)16(11)21)27-18(24)14-12(25-2)5-4-6-13(14)26-3/h4-9H,1-3H3,(H,22,23)/t9-/m0/s1. The largest absolute Gasteiger partial charge is 0.496 e. The summed E-state index contributed by atoms with van der Waals surface area (Å²) >= 11 is 0. The van der Waals surface area contributed by atoms with Gasteiger partial charge in [0, 0.05) is 0 Å². The number of anilines is 1. The Kier molecular flexibility index (Phi) is 6.27. The normalized spacial score (nSPS) is 11.5. The van der Waals surface area contributed by atoms with Crippen LogP contribution in [0.1, 0.15) is 17.3 Å². The van der Waals surface area contributed by atoms with Crippen LogP contribution in [-0.2, 0) is 9.53 Å². The first-order valence-corrected chi connectivity index (χ1v) is 7.66. The molecule has 27 heavy (non-hydrogen) atoms. The second kappa shape index (κ2) is 8.43. The summed E-state index contributed by atoms with van der Waals surface area (Å²) < 4.78 is 55.0. The van der Waals surface area contributed by atoms with Crippen molar-refractivity contribution in [3.8, 4) is 11.5 Å². The lowest BCUT2D eigenvalue weighted by Gasteiger charge is -2.16. The van der Waals surface area contributed by atoms with Crippen molar-refractivity contribution in [2.45, 2.75) is 13.0 Å². The quantitative estimate of drug-likeness (QED) is 0.612. The van der Waals surface area contributed by atoms with Crippen LogP contribution in [0.4, 0.5) is 18.9 Å². The Morgan fingerprint density at radius 3 is 2.11 bits per heavy atom. The van der Waals surface area contributed by atoms with Crippen molar-refractivity contribution >= 4 is 17.6 Å². The molecule has 1 amide bonds. The minimum absolute atomic E-state index is 0.0406. The Balaban J connectivity index is 2.15. The Bertz CT molecular complexity index is 850. The fourth-order valence-corrected chi connectivity index (χ4v) is 2.18. The molecule has 6 nitrogen and oxygen atoms in total. The van der Waals surface area contributed by atoms with Gasteiger partial charge < -0.3 is 19.5 Å². The molecule has 0 unspecified atom stereocenters. The van der Waals surface area contributed by atoms with Crippen molar-refractivity contribution in [1.29, 1.82) is 0 Å². The third-order valence-electron chi connectivity index (χ3n) is 3.58. The van der Waals surface area contributed by atoms with Gasteiger partial charge in [-0.2, -0.15) is 0 Å². The number of esters is 1. The fourth-order valence-electron chi connectivity index (χ4n) is 2.18. The van der Waals surface area contributed by atoms with Crippen LogP contribution in [0.3, 0.4) is 0 Å². The molecule has 0 bridgehead atoms. The average Bonchev–Trinajstić information content (AvgIpc) is 2.67. The number of halogens is 3. The van der Waals surface area contributed by atoms with Crippen LogP contribution < -0.4 is 14.8 Å². The van der Waals surface area contributed by atoms with Crippen LogP contribution in [-0.4, -0.2) is 32.2 Å². The van der Waals surface area contributed by atoms with E-state index in [2.05, 4.69) is 0 Å². The lowest BCUT2D eigenvalue weighted by Crippen LogP contribution is -2.30. The highest BCUT2D eigenvalue weighted by Gasteiger charge is 2.25. The number of methoxy groups -OCH3 is 2. The zero-order valence-electron chi connectivity index (χ0n) is 14.6. The minimum Gasteiger partial charge on any atom is -0.496 e. The molecule has 9 heteroatoms. The number of benzene rings is 2. The molecule has 144 valence electrons. The predicted octanol–water partition coefficient (Wildman–Crippen LogP) is 3.31. The molecule has 0 aliphatic heterocycles. The third kappa shape index (κ3) is 4.30. The highest BCUT2D eigenvalue weighted by molar-refractivity contribution is 5.99. The van der Waals surface area contributed by atoms with E-state index in [1.54, 1.807) is 6.07 Å². The van der Waals surface area contributed by atoms with Crippen molar-refractivity contribution in [3.05, 3.63) is 53.3 Å². The highest BCUT2D eigenvalue weighted by atomic mass is 19.2. The third-order valence-corrected chi connectivity index (χ3v) is 3.58. The summed E-state index contributed by atoms with van der Waals surface area (Å²) in [6.45, 7) is 1.23. The van der Waals surface area contributed by atoms with Crippen LogP contribution in [0.15, 0.2) is 30.3 Å². The molecule has 0 aliphatic rings. The van der Waals surface area contributed by atoms with Crippen molar-refractivity contribution in [2.75, 3.05) is 19.5 Å². The molecule has 0 fully saturated rings. The molecular formula is C18H16F3NO5. The number of hydrogen-bond acceptors (Lipinski definition) is 5. The maximum absolute atomic E-state index is 13.6. The van der Waals surface area contributed by atoms with E-state index in [1.807, 2.05) is 5.32 Å². The lowest BCUT2D eigenvalue weighted by atomic mass is 10.1. The maximum Gasteiger partial charge on any atom is 0.346 e. The number of rotatable bonds is 6. The topological polar surface area (TPSA) is 73.9 Å². The Labute approximate surface area is 152 Å². The van der Waals surface area contributed by atoms with Gasteiger partial charge in [-0.15, -0.1) is 0 Å². The summed E-state index contributed by atoms with van der Waals surface area (Å²) in [5.41, 5.74) is -0.627. The van der Waals surface area contributed by atoms with Crippen LogP contribution in [0.5, 0.6) is 11.5 Å². The zero-order valence-corrected chi connectivity index (χ0v) is 14.6. The van der Waals surface area contributed by atoms with E-state index in [0.29, 0.717) is 6.07 Å². The van der Waals surface area contributed by atoms with E-state index in [-0.39, 0.29) is 17.1 Å². The average molecular weight is 383 g/mol.